The third kappa shape index (κ3) is 3.35. The van der Waals surface area contributed by atoms with E-state index in [1.165, 1.54) is 28.8 Å². The Morgan fingerprint density at radius 2 is 2.20 bits per heavy atom. The lowest BCUT2D eigenvalue weighted by atomic mass is 10.2. The number of thioether (sulfide) groups is 1. The third-order valence-corrected chi connectivity index (χ3v) is 6.29. The molecule has 1 fully saturated rings. The van der Waals surface area contributed by atoms with Crippen molar-refractivity contribution in [2.75, 3.05) is 24.3 Å². The van der Waals surface area contributed by atoms with Gasteiger partial charge >= 0.3 is 0 Å². The fourth-order valence-corrected chi connectivity index (χ4v) is 5.02. The molecule has 0 saturated carbocycles. The van der Waals surface area contributed by atoms with Gasteiger partial charge in [0.25, 0.3) is 5.91 Å². The van der Waals surface area contributed by atoms with Crippen LogP contribution in [0.5, 0.6) is 0 Å². The highest BCUT2D eigenvalue weighted by atomic mass is 79.9. The Balaban J connectivity index is 2.32. The number of carbonyl (C=O) groups is 1. The third-order valence-electron chi connectivity index (χ3n) is 3.01. The van der Waals surface area contributed by atoms with Gasteiger partial charge in [-0.05, 0) is 34.1 Å². The molecule has 1 aromatic rings. The minimum absolute atomic E-state index is 0.159. The van der Waals surface area contributed by atoms with Crippen LogP contribution in [-0.4, -0.2) is 48.9 Å². The molecule has 4 nitrogen and oxygen atoms in total. The minimum atomic E-state index is -3.37. The Kier molecular flexibility index (Phi) is 4.76. The van der Waals surface area contributed by atoms with Crippen LogP contribution in [-0.2, 0) is 9.84 Å². The van der Waals surface area contributed by atoms with Gasteiger partial charge < -0.3 is 4.90 Å². The van der Waals surface area contributed by atoms with E-state index in [9.17, 15) is 17.6 Å². The summed E-state index contributed by atoms with van der Waals surface area (Å²) in [4.78, 5) is 13.7. The molecule has 1 unspecified atom stereocenters. The summed E-state index contributed by atoms with van der Waals surface area (Å²) in [5, 5.41) is -0.847. The van der Waals surface area contributed by atoms with Gasteiger partial charge in [0.05, 0.1) is 4.47 Å². The second kappa shape index (κ2) is 6.03. The molecule has 1 aliphatic heterocycles. The Hall–Kier alpha value is -0.600. The van der Waals surface area contributed by atoms with Crippen molar-refractivity contribution in [1.82, 2.24) is 4.90 Å². The molecule has 0 N–H and O–H groups in total. The predicted molar refractivity (Wildman–Crippen MR) is 81.1 cm³/mol. The zero-order valence-electron chi connectivity index (χ0n) is 10.7. The van der Waals surface area contributed by atoms with Crippen molar-refractivity contribution in [3.63, 3.8) is 0 Å². The van der Waals surface area contributed by atoms with Gasteiger partial charge in [0.2, 0.25) is 0 Å². The maximum atomic E-state index is 13.5. The zero-order chi connectivity index (χ0) is 14.9. The van der Waals surface area contributed by atoms with Crippen molar-refractivity contribution in [2.45, 2.75) is 5.37 Å². The van der Waals surface area contributed by atoms with Crippen LogP contribution in [0.1, 0.15) is 10.4 Å². The standard InChI is InChI=1S/C12H13BrFNO3S2/c1-20(17,18)11-7-19-5-4-15(11)12(16)8-2-3-9(13)10(14)6-8/h2-3,6,11H,4-5,7H2,1H3. The SMILES string of the molecule is CS(=O)(=O)C1CSCCN1C(=O)c1ccc(Br)c(F)c1. The molecule has 0 aliphatic carbocycles. The van der Waals surface area contributed by atoms with Gasteiger partial charge in [-0.2, -0.15) is 11.8 Å². The molecule has 1 heterocycles. The highest BCUT2D eigenvalue weighted by Gasteiger charge is 2.34. The van der Waals surface area contributed by atoms with Crippen molar-refractivity contribution in [2.24, 2.45) is 0 Å². The molecule has 1 aliphatic rings. The first-order chi connectivity index (χ1) is 9.30. The topological polar surface area (TPSA) is 54.5 Å². The van der Waals surface area contributed by atoms with Crippen LogP contribution in [0.2, 0.25) is 0 Å². The van der Waals surface area contributed by atoms with E-state index < -0.39 is 26.9 Å². The van der Waals surface area contributed by atoms with Crippen molar-refractivity contribution < 1.29 is 17.6 Å². The zero-order valence-corrected chi connectivity index (χ0v) is 13.9. The van der Waals surface area contributed by atoms with Gasteiger partial charge in [-0.3, -0.25) is 4.79 Å². The highest BCUT2D eigenvalue weighted by molar-refractivity contribution is 9.10. The molecule has 0 aromatic heterocycles. The van der Waals surface area contributed by atoms with Crippen LogP contribution >= 0.6 is 27.7 Å². The Morgan fingerprint density at radius 1 is 1.50 bits per heavy atom. The Bertz CT molecular complexity index is 636. The number of benzene rings is 1. The lowest BCUT2D eigenvalue weighted by Crippen LogP contribution is -2.49. The van der Waals surface area contributed by atoms with E-state index in [-0.39, 0.29) is 10.0 Å². The second-order valence-corrected chi connectivity index (χ2v) is 8.69. The van der Waals surface area contributed by atoms with Gasteiger partial charge in [-0.15, -0.1) is 0 Å². The van der Waals surface area contributed by atoms with Crippen LogP contribution in [0, 0.1) is 5.82 Å². The van der Waals surface area contributed by atoms with E-state index in [0.29, 0.717) is 18.1 Å². The molecule has 0 spiro atoms. The van der Waals surface area contributed by atoms with Crippen molar-refractivity contribution in [3.8, 4) is 0 Å². The van der Waals surface area contributed by atoms with E-state index in [4.69, 9.17) is 0 Å². The number of amides is 1. The summed E-state index contributed by atoms with van der Waals surface area (Å²) in [6.07, 6.45) is 1.12. The summed E-state index contributed by atoms with van der Waals surface area (Å²) in [5.41, 5.74) is 0.159. The molecule has 0 radical (unpaired) electrons. The molecule has 8 heteroatoms. The van der Waals surface area contributed by atoms with Crippen molar-refractivity contribution in [3.05, 3.63) is 34.1 Å². The quantitative estimate of drug-likeness (QED) is 0.787. The smallest absolute Gasteiger partial charge is 0.255 e. The first kappa shape index (κ1) is 15.8. The number of sulfone groups is 1. The fraction of sp³-hybridized carbons (Fsp3) is 0.417. The van der Waals surface area contributed by atoms with Crippen LogP contribution in [0.4, 0.5) is 4.39 Å². The maximum Gasteiger partial charge on any atom is 0.255 e. The number of nitrogens with zero attached hydrogens (tertiary/aromatic N) is 1. The summed E-state index contributed by atoms with van der Waals surface area (Å²) in [5.74, 6) is 0.0330. The van der Waals surface area contributed by atoms with Crippen LogP contribution < -0.4 is 0 Å². The van der Waals surface area contributed by atoms with Gasteiger partial charge in [0.15, 0.2) is 9.84 Å². The summed E-state index contributed by atoms with van der Waals surface area (Å²) in [7, 11) is -3.37. The number of halogens is 2. The van der Waals surface area contributed by atoms with E-state index >= 15 is 0 Å². The monoisotopic (exact) mass is 381 g/mol. The van der Waals surface area contributed by atoms with Crippen LogP contribution in [0.3, 0.4) is 0 Å². The average Bonchev–Trinajstić information content (AvgIpc) is 2.40. The van der Waals surface area contributed by atoms with Crippen molar-refractivity contribution >= 4 is 43.4 Å². The van der Waals surface area contributed by atoms with E-state index in [0.717, 1.165) is 12.3 Å². The minimum Gasteiger partial charge on any atom is -0.320 e. The van der Waals surface area contributed by atoms with E-state index in [1.54, 1.807) is 0 Å². The first-order valence-corrected chi connectivity index (χ1v) is 9.73. The molecule has 20 heavy (non-hydrogen) atoms. The van der Waals surface area contributed by atoms with Crippen LogP contribution in [0.25, 0.3) is 0 Å². The maximum absolute atomic E-state index is 13.5. The second-order valence-electron chi connectivity index (χ2n) is 4.49. The van der Waals surface area contributed by atoms with Gasteiger partial charge in [0, 0.05) is 29.9 Å². The fourth-order valence-electron chi connectivity index (χ4n) is 1.96. The van der Waals surface area contributed by atoms with E-state index in [1.807, 2.05) is 0 Å². The van der Waals surface area contributed by atoms with Crippen LogP contribution in [0.15, 0.2) is 22.7 Å². The molecule has 1 saturated heterocycles. The number of rotatable bonds is 2. The van der Waals surface area contributed by atoms with Gasteiger partial charge in [-0.25, -0.2) is 12.8 Å². The summed E-state index contributed by atoms with van der Waals surface area (Å²) in [6.45, 7) is 0.346. The molecule has 0 bridgehead atoms. The Labute approximate surface area is 129 Å². The normalized spacial score (nSPS) is 19.9. The lowest BCUT2D eigenvalue weighted by molar-refractivity contribution is 0.0749. The number of carbonyl (C=O) groups excluding carboxylic acids is 1. The lowest BCUT2D eigenvalue weighted by Gasteiger charge is -2.34. The molecule has 1 amide bonds. The number of hydrogen-bond acceptors (Lipinski definition) is 4. The first-order valence-electron chi connectivity index (χ1n) is 5.83. The highest BCUT2D eigenvalue weighted by Crippen LogP contribution is 2.24. The molecule has 2 rings (SSSR count). The Morgan fingerprint density at radius 3 is 2.80 bits per heavy atom. The number of hydrogen-bond donors (Lipinski definition) is 0. The van der Waals surface area contributed by atoms with Crippen molar-refractivity contribution in [1.29, 1.82) is 0 Å². The summed E-state index contributed by atoms with van der Waals surface area (Å²) < 4.78 is 37.3. The molecular formula is C12H13BrFNO3S2. The molecule has 110 valence electrons. The largest absolute Gasteiger partial charge is 0.320 e. The average molecular weight is 382 g/mol. The molecule has 1 aromatic carbocycles. The summed E-state index contributed by atoms with van der Waals surface area (Å²) in [6, 6.07) is 4.04. The van der Waals surface area contributed by atoms with E-state index in [2.05, 4.69) is 15.9 Å². The summed E-state index contributed by atoms with van der Waals surface area (Å²) >= 11 is 4.52. The predicted octanol–water partition coefficient (Wildman–Crippen LogP) is 2.15. The molecular weight excluding hydrogens is 369 g/mol. The van der Waals surface area contributed by atoms with Gasteiger partial charge in [-0.1, -0.05) is 0 Å². The van der Waals surface area contributed by atoms with Gasteiger partial charge in [0.1, 0.15) is 11.2 Å². The molecule has 1 atom stereocenters.